The molecular formula is C15H14N4O4. The maximum Gasteiger partial charge on any atom is 0.352 e. The Bertz CT molecular complexity index is 807. The lowest BCUT2D eigenvalue weighted by Crippen LogP contribution is -2.24. The van der Waals surface area contributed by atoms with Crippen molar-refractivity contribution < 1.29 is 19.4 Å². The Kier molecular flexibility index (Phi) is 3.57. The first-order valence-corrected chi connectivity index (χ1v) is 6.83. The van der Waals surface area contributed by atoms with E-state index in [-0.39, 0.29) is 5.70 Å². The smallest absolute Gasteiger partial charge is 0.352 e. The molecule has 118 valence electrons. The van der Waals surface area contributed by atoms with Crippen molar-refractivity contribution in [3.05, 3.63) is 53.0 Å². The SMILES string of the molecule is COC(=O)c1ccc([C@@H]2C=C(C(=O)O)Nc3nc(C)nn32)cc1. The predicted molar refractivity (Wildman–Crippen MR) is 80.0 cm³/mol. The van der Waals surface area contributed by atoms with E-state index >= 15 is 0 Å². The van der Waals surface area contributed by atoms with E-state index < -0.39 is 18.0 Å². The number of carboxylic acid groups (broad SMARTS) is 1. The van der Waals surface area contributed by atoms with Crippen LogP contribution in [0.15, 0.2) is 36.0 Å². The van der Waals surface area contributed by atoms with Gasteiger partial charge in [-0.15, -0.1) is 0 Å². The summed E-state index contributed by atoms with van der Waals surface area (Å²) in [6.45, 7) is 1.73. The number of hydrogen-bond donors (Lipinski definition) is 2. The van der Waals surface area contributed by atoms with E-state index in [4.69, 9.17) is 0 Å². The van der Waals surface area contributed by atoms with Crippen molar-refractivity contribution in [2.24, 2.45) is 0 Å². The number of anilines is 1. The van der Waals surface area contributed by atoms with Crippen LogP contribution in [0.4, 0.5) is 5.95 Å². The number of aromatic nitrogens is 3. The summed E-state index contributed by atoms with van der Waals surface area (Å²) >= 11 is 0. The number of hydrogen-bond acceptors (Lipinski definition) is 6. The molecule has 1 atom stereocenters. The average molecular weight is 314 g/mol. The van der Waals surface area contributed by atoms with Crippen molar-refractivity contribution in [1.82, 2.24) is 14.8 Å². The molecule has 0 spiro atoms. The summed E-state index contributed by atoms with van der Waals surface area (Å²) in [6.07, 6.45) is 1.55. The number of benzene rings is 1. The van der Waals surface area contributed by atoms with Gasteiger partial charge in [0.1, 0.15) is 17.6 Å². The van der Waals surface area contributed by atoms with Crippen LogP contribution >= 0.6 is 0 Å². The number of methoxy groups -OCH3 is 1. The molecule has 0 saturated heterocycles. The molecule has 2 heterocycles. The number of aliphatic carboxylic acids is 1. The fourth-order valence-corrected chi connectivity index (χ4v) is 2.40. The zero-order valence-electron chi connectivity index (χ0n) is 12.5. The second-order valence-electron chi connectivity index (χ2n) is 5.00. The third-order valence-electron chi connectivity index (χ3n) is 3.48. The highest BCUT2D eigenvalue weighted by Crippen LogP contribution is 2.29. The number of allylic oxidation sites excluding steroid dienone is 1. The summed E-state index contributed by atoms with van der Waals surface area (Å²) < 4.78 is 6.27. The molecule has 0 fully saturated rings. The zero-order chi connectivity index (χ0) is 16.6. The quantitative estimate of drug-likeness (QED) is 0.824. The van der Waals surface area contributed by atoms with Gasteiger partial charge in [0.15, 0.2) is 0 Å². The van der Waals surface area contributed by atoms with E-state index in [1.165, 1.54) is 7.11 Å². The minimum Gasteiger partial charge on any atom is -0.477 e. The summed E-state index contributed by atoms with van der Waals surface area (Å²) in [5, 5.41) is 16.3. The van der Waals surface area contributed by atoms with Crippen molar-refractivity contribution in [2.45, 2.75) is 13.0 Å². The molecule has 1 aromatic carbocycles. The second kappa shape index (κ2) is 5.56. The van der Waals surface area contributed by atoms with Crippen LogP contribution in [-0.2, 0) is 9.53 Å². The number of aryl methyl sites for hydroxylation is 1. The maximum atomic E-state index is 11.5. The van der Waals surface area contributed by atoms with Crippen LogP contribution in [0.3, 0.4) is 0 Å². The van der Waals surface area contributed by atoms with Gasteiger partial charge < -0.3 is 15.2 Å². The van der Waals surface area contributed by atoms with E-state index in [0.29, 0.717) is 17.3 Å². The number of rotatable bonds is 3. The molecule has 0 saturated carbocycles. The molecule has 1 aliphatic heterocycles. The lowest BCUT2D eigenvalue weighted by Gasteiger charge is -2.22. The topological polar surface area (TPSA) is 106 Å². The number of carboxylic acids is 1. The first-order chi connectivity index (χ1) is 11.0. The van der Waals surface area contributed by atoms with Crippen LogP contribution in [0.1, 0.15) is 27.8 Å². The van der Waals surface area contributed by atoms with Crippen molar-refractivity contribution in [3.63, 3.8) is 0 Å². The van der Waals surface area contributed by atoms with Gasteiger partial charge in [0.05, 0.1) is 12.7 Å². The minimum absolute atomic E-state index is 0.0342. The summed E-state index contributed by atoms with van der Waals surface area (Å²) in [4.78, 5) is 27.0. The monoisotopic (exact) mass is 314 g/mol. The maximum absolute atomic E-state index is 11.5. The van der Waals surface area contributed by atoms with Gasteiger partial charge in [0.2, 0.25) is 5.95 Å². The Morgan fingerprint density at radius 3 is 2.61 bits per heavy atom. The summed E-state index contributed by atoms with van der Waals surface area (Å²) in [6, 6.07) is 6.30. The van der Waals surface area contributed by atoms with Crippen molar-refractivity contribution >= 4 is 17.9 Å². The first kappa shape index (κ1) is 14.8. The third kappa shape index (κ3) is 2.66. The lowest BCUT2D eigenvalue weighted by atomic mass is 10.0. The second-order valence-corrected chi connectivity index (χ2v) is 5.00. The van der Waals surface area contributed by atoms with Crippen LogP contribution in [-0.4, -0.2) is 38.9 Å². The molecule has 3 rings (SSSR count). The molecule has 0 aliphatic carbocycles. The first-order valence-electron chi connectivity index (χ1n) is 6.83. The van der Waals surface area contributed by atoms with E-state index in [1.54, 1.807) is 41.9 Å². The number of esters is 1. The molecule has 1 aromatic heterocycles. The van der Waals surface area contributed by atoms with Crippen molar-refractivity contribution in [3.8, 4) is 0 Å². The Balaban J connectivity index is 2.03. The molecule has 2 N–H and O–H groups in total. The standard InChI is InChI=1S/C15H14N4O4/c1-8-16-15-17-11(13(20)21)7-12(19(15)18-8)9-3-5-10(6-4-9)14(22)23-2/h3-7,12H,1-2H3,(H,20,21)(H,16,17,18)/t12-/m0/s1. The van der Waals surface area contributed by atoms with Gasteiger partial charge in [-0.3, -0.25) is 0 Å². The molecule has 8 nitrogen and oxygen atoms in total. The van der Waals surface area contributed by atoms with Gasteiger partial charge in [-0.25, -0.2) is 14.3 Å². The normalized spacial score (nSPS) is 16.1. The van der Waals surface area contributed by atoms with Gasteiger partial charge in [-0.1, -0.05) is 12.1 Å². The Morgan fingerprint density at radius 2 is 2.00 bits per heavy atom. The average Bonchev–Trinajstić information content (AvgIpc) is 2.93. The van der Waals surface area contributed by atoms with Gasteiger partial charge in [-0.05, 0) is 30.7 Å². The molecule has 0 radical (unpaired) electrons. The zero-order valence-corrected chi connectivity index (χ0v) is 12.5. The Morgan fingerprint density at radius 1 is 1.30 bits per heavy atom. The fraction of sp³-hybridized carbons (Fsp3) is 0.200. The molecule has 0 amide bonds. The Labute approximate surface area is 131 Å². The molecule has 8 heteroatoms. The summed E-state index contributed by atoms with van der Waals surface area (Å²) in [5.74, 6) is -0.609. The molecule has 23 heavy (non-hydrogen) atoms. The number of nitrogens with one attached hydrogen (secondary N) is 1. The highest BCUT2D eigenvalue weighted by molar-refractivity contribution is 5.90. The molecule has 0 unspecified atom stereocenters. The van der Waals surface area contributed by atoms with Crippen LogP contribution in [0.25, 0.3) is 0 Å². The van der Waals surface area contributed by atoms with Crippen molar-refractivity contribution in [2.75, 3.05) is 12.4 Å². The summed E-state index contributed by atoms with van der Waals surface area (Å²) in [7, 11) is 1.31. The molecule has 1 aliphatic rings. The highest BCUT2D eigenvalue weighted by atomic mass is 16.5. The van der Waals surface area contributed by atoms with Crippen molar-refractivity contribution in [1.29, 1.82) is 0 Å². The van der Waals surface area contributed by atoms with Crippen LogP contribution in [0.5, 0.6) is 0 Å². The van der Waals surface area contributed by atoms with E-state index in [1.807, 2.05) is 0 Å². The predicted octanol–water partition coefficient (Wildman–Crippen LogP) is 1.36. The van der Waals surface area contributed by atoms with Gasteiger partial charge in [-0.2, -0.15) is 10.1 Å². The molecular weight excluding hydrogens is 300 g/mol. The number of carbonyl (C=O) groups excluding carboxylic acids is 1. The van der Waals surface area contributed by atoms with E-state index in [2.05, 4.69) is 20.1 Å². The Hall–Kier alpha value is -3.16. The van der Waals surface area contributed by atoms with E-state index in [0.717, 1.165) is 5.56 Å². The number of fused-ring (bicyclic) bond motifs is 1. The van der Waals surface area contributed by atoms with Crippen LogP contribution in [0, 0.1) is 6.92 Å². The number of ether oxygens (including phenoxy) is 1. The molecule has 2 aromatic rings. The van der Waals surface area contributed by atoms with Gasteiger partial charge in [0.25, 0.3) is 0 Å². The number of carbonyl (C=O) groups is 2. The third-order valence-corrected chi connectivity index (χ3v) is 3.48. The lowest BCUT2D eigenvalue weighted by molar-refractivity contribution is -0.132. The van der Waals surface area contributed by atoms with Gasteiger partial charge >= 0.3 is 11.9 Å². The van der Waals surface area contributed by atoms with Crippen LogP contribution < -0.4 is 5.32 Å². The van der Waals surface area contributed by atoms with E-state index in [9.17, 15) is 14.7 Å². The van der Waals surface area contributed by atoms with Gasteiger partial charge in [0, 0.05) is 0 Å². The number of nitrogens with zero attached hydrogens (tertiary/aromatic N) is 3. The fourth-order valence-electron chi connectivity index (χ4n) is 2.40. The summed E-state index contributed by atoms with van der Waals surface area (Å²) in [5.41, 5.74) is 1.23. The molecule has 0 bridgehead atoms. The largest absolute Gasteiger partial charge is 0.477 e. The highest BCUT2D eigenvalue weighted by Gasteiger charge is 2.26. The minimum atomic E-state index is -1.08. The van der Waals surface area contributed by atoms with Crippen LogP contribution in [0.2, 0.25) is 0 Å².